The number of benzene rings is 1. The van der Waals surface area contributed by atoms with Gasteiger partial charge < -0.3 is 20.4 Å². The molecule has 2 amide bonds. The third kappa shape index (κ3) is 6.48. The number of hydrogen-bond donors (Lipinski definition) is 2. The summed E-state index contributed by atoms with van der Waals surface area (Å²) < 4.78 is 0. The molecule has 3 rings (SSSR count). The lowest BCUT2D eigenvalue weighted by molar-refractivity contribution is -0.129. The van der Waals surface area contributed by atoms with Crippen LogP contribution in [0.1, 0.15) is 31.7 Å². The second-order valence-electron chi connectivity index (χ2n) is 7.81. The number of carbonyl (C=O) groups excluding carboxylic acids is 2. The predicted molar refractivity (Wildman–Crippen MR) is 115 cm³/mol. The molecule has 0 saturated carbocycles. The third-order valence-electron chi connectivity index (χ3n) is 5.54. The highest BCUT2D eigenvalue weighted by Crippen LogP contribution is 2.17. The first-order valence-electron chi connectivity index (χ1n) is 10.8. The van der Waals surface area contributed by atoms with Gasteiger partial charge in [-0.15, -0.1) is 0 Å². The van der Waals surface area contributed by atoms with Crippen LogP contribution in [0.5, 0.6) is 0 Å². The molecule has 2 N–H and O–H groups in total. The highest BCUT2D eigenvalue weighted by atomic mass is 16.2. The number of carbonyl (C=O) groups is 2. The molecule has 2 saturated heterocycles. The number of aliphatic imine (C=N–C) groups is 1. The molecule has 2 aliphatic rings. The van der Waals surface area contributed by atoms with Gasteiger partial charge in [-0.2, -0.15) is 0 Å². The van der Waals surface area contributed by atoms with Gasteiger partial charge in [-0.1, -0.05) is 30.3 Å². The molecule has 1 atom stereocenters. The van der Waals surface area contributed by atoms with Crippen molar-refractivity contribution in [3.8, 4) is 0 Å². The van der Waals surface area contributed by atoms with E-state index >= 15 is 0 Å². The van der Waals surface area contributed by atoms with Crippen LogP contribution in [0.15, 0.2) is 35.3 Å². The molecule has 7 nitrogen and oxygen atoms in total. The van der Waals surface area contributed by atoms with Crippen LogP contribution in [-0.4, -0.2) is 73.4 Å². The molecule has 0 aliphatic carbocycles. The largest absolute Gasteiger partial charge is 0.357 e. The number of nitrogens with zero attached hydrogens (tertiary/aromatic N) is 3. The SMILES string of the molecule is CCNC(=NCC(=O)N1CCCC1)NCC1CC(=O)N(CCc2ccccc2)C1. The van der Waals surface area contributed by atoms with Gasteiger partial charge in [-0.05, 0) is 31.7 Å². The first-order valence-corrected chi connectivity index (χ1v) is 10.8. The second-order valence-corrected chi connectivity index (χ2v) is 7.81. The summed E-state index contributed by atoms with van der Waals surface area (Å²) in [5, 5.41) is 6.50. The van der Waals surface area contributed by atoms with Crippen LogP contribution >= 0.6 is 0 Å². The maximum Gasteiger partial charge on any atom is 0.244 e. The summed E-state index contributed by atoms with van der Waals surface area (Å²) in [5.74, 6) is 1.22. The summed E-state index contributed by atoms with van der Waals surface area (Å²) in [6.07, 6.45) is 3.62. The monoisotopic (exact) mass is 399 g/mol. The zero-order valence-corrected chi connectivity index (χ0v) is 17.4. The normalized spacial score (nSPS) is 19.7. The van der Waals surface area contributed by atoms with Crippen molar-refractivity contribution in [1.82, 2.24) is 20.4 Å². The van der Waals surface area contributed by atoms with Crippen molar-refractivity contribution in [2.24, 2.45) is 10.9 Å². The lowest BCUT2D eigenvalue weighted by atomic mass is 10.1. The summed E-state index contributed by atoms with van der Waals surface area (Å²) in [6.45, 7) is 6.81. The van der Waals surface area contributed by atoms with E-state index in [4.69, 9.17) is 0 Å². The molecule has 0 bridgehead atoms. The minimum absolute atomic E-state index is 0.0860. The second kappa shape index (κ2) is 10.8. The van der Waals surface area contributed by atoms with Gasteiger partial charge in [0.25, 0.3) is 0 Å². The standard InChI is InChI=1S/C22H33N5O2/c1-2-23-22(25-16-21(29)26-11-6-7-12-26)24-15-19-14-20(28)27(17-19)13-10-18-8-4-3-5-9-18/h3-5,8-9,19H,2,6-7,10-17H2,1H3,(H2,23,24,25). The van der Waals surface area contributed by atoms with Crippen molar-refractivity contribution in [2.45, 2.75) is 32.6 Å². The number of amides is 2. The van der Waals surface area contributed by atoms with Crippen molar-refractivity contribution in [3.05, 3.63) is 35.9 Å². The predicted octanol–water partition coefficient (Wildman–Crippen LogP) is 1.26. The van der Waals surface area contributed by atoms with Crippen LogP contribution < -0.4 is 10.6 Å². The molecule has 158 valence electrons. The summed E-state index contributed by atoms with van der Waals surface area (Å²) in [5.41, 5.74) is 1.26. The van der Waals surface area contributed by atoms with E-state index in [0.717, 1.165) is 52.0 Å². The fourth-order valence-corrected chi connectivity index (χ4v) is 3.91. The number of likely N-dealkylation sites (tertiary alicyclic amines) is 2. The highest BCUT2D eigenvalue weighted by molar-refractivity contribution is 5.85. The first kappa shape index (κ1) is 21.1. The average Bonchev–Trinajstić information content (AvgIpc) is 3.39. The van der Waals surface area contributed by atoms with Crippen molar-refractivity contribution in [3.63, 3.8) is 0 Å². The molecule has 0 radical (unpaired) electrons. The zero-order valence-electron chi connectivity index (χ0n) is 17.4. The topological polar surface area (TPSA) is 77.0 Å². The van der Waals surface area contributed by atoms with E-state index in [1.54, 1.807) is 0 Å². The van der Waals surface area contributed by atoms with Gasteiger partial charge in [0, 0.05) is 51.6 Å². The molecule has 2 heterocycles. The van der Waals surface area contributed by atoms with Gasteiger partial charge in [0.1, 0.15) is 6.54 Å². The van der Waals surface area contributed by atoms with Gasteiger partial charge in [0.2, 0.25) is 11.8 Å². The van der Waals surface area contributed by atoms with E-state index in [2.05, 4.69) is 27.8 Å². The molecule has 29 heavy (non-hydrogen) atoms. The quantitative estimate of drug-likeness (QED) is 0.510. The molecule has 0 aromatic heterocycles. The third-order valence-corrected chi connectivity index (χ3v) is 5.54. The van der Waals surface area contributed by atoms with Gasteiger partial charge in [0.05, 0.1) is 0 Å². The Hall–Kier alpha value is -2.57. The van der Waals surface area contributed by atoms with Crippen molar-refractivity contribution >= 4 is 17.8 Å². The summed E-state index contributed by atoms with van der Waals surface area (Å²) in [6, 6.07) is 10.3. The molecular formula is C22H33N5O2. The Morgan fingerprint density at radius 2 is 1.93 bits per heavy atom. The lowest BCUT2D eigenvalue weighted by Gasteiger charge is -2.18. The molecular weight excluding hydrogens is 366 g/mol. The number of guanidine groups is 1. The summed E-state index contributed by atoms with van der Waals surface area (Å²) in [4.78, 5) is 32.8. The van der Waals surface area contributed by atoms with E-state index in [9.17, 15) is 9.59 Å². The van der Waals surface area contributed by atoms with Gasteiger partial charge in [-0.3, -0.25) is 9.59 Å². The maximum atomic E-state index is 12.3. The molecule has 2 fully saturated rings. The smallest absolute Gasteiger partial charge is 0.244 e. The Kier molecular flexibility index (Phi) is 7.90. The van der Waals surface area contributed by atoms with E-state index < -0.39 is 0 Å². The van der Waals surface area contributed by atoms with Crippen LogP contribution in [-0.2, 0) is 16.0 Å². The molecule has 7 heteroatoms. The van der Waals surface area contributed by atoms with Crippen molar-refractivity contribution in [2.75, 3.05) is 45.8 Å². The van der Waals surface area contributed by atoms with Crippen LogP contribution in [0.4, 0.5) is 0 Å². The Morgan fingerprint density at radius 1 is 1.17 bits per heavy atom. The number of hydrogen-bond acceptors (Lipinski definition) is 3. The van der Waals surface area contributed by atoms with E-state index in [0.29, 0.717) is 18.9 Å². The minimum atomic E-state index is 0.0860. The Morgan fingerprint density at radius 3 is 2.66 bits per heavy atom. The summed E-state index contributed by atoms with van der Waals surface area (Å²) >= 11 is 0. The number of nitrogens with one attached hydrogen (secondary N) is 2. The van der Waals surface area contributed by atoms with Gasteiger partial charge in [-0.25, -0.2) is 4.99 Å². The average molecular weight is 400 g/mol. The van der Waals surface area contributed by atoms with Crippen LogP contribution in [0, 0.1) is 5.92 Å². The van der Waals surface area contributed by atoms with Crippen molar-refractivity contribution in [1.29, 1.82) is 0 Å². The number of rotatable bonds is 8. The molecule has 1 aromatic carbocycles. The van der Waals surface area contributed by atoms with E-state index in [1.807, 2.05) is 34.9 Å². The van der Waals surface area contributed by atoms with Crippen LogP contribution in [0.3, 0.4) is 0 Å². The fourth-order valence-electron chi connectivity index (χ4n) is 3.91. The molecule has 1 aromatic rings. The lowest BCUT2D eigenvalue weighted by Crippen LogP contribution is -2.41. The van der Waals surface area contributed by atoms with Gasteiger partial charge in [0.15, 0.2) is 5.96 Å². The van der Waals surface area contributed by atoms with Crippen molar-refractivity contribution < 1.29 is 9.59 Å². The fraction of sp³-hybridized carbons (Fsp3) is 0.591. The van der Waals surface area contributed by atoms with Crippen LogP contribution in [0.2, 0.25) is 0 Å². The van der Waals surface area contributed by atoms with E-state index in [1.165, 1.54) is 5.56 Å². The Balaban J connectivity index is 1.43. The maximum absolute atomic E-state index is 12.3. The zero-order chi connectivity index (χ0) is 20.5. The molecule has 2 aliphatic heterocycles. The first-order chi connectivity index (χ1) is 14.2. The minimum Gasteiger partial charge on any atom is -0.357 e. The van der Waals surface area contributed by atoms with Gasteiger partial charge >= 0.3 is 0 Å². The Bertz CT molecular complexity index is 700. The highest BCUT2D eigenvalue weighted by Gasteiger charge is 2.29. The summed E-state index contributed by atoms with van der Waals surface area (Å²) in [7, 11) is 0. The Labute approximate surface area is 173 Å². The van der Waals surface area contributed by atoms with E-state index in [-0.39, 0.29) is 24.3 Å². The molecule has 0 spiro atoms. The molecule has 1 unspecified atom stereocenters. The van der Waals surface area contributed by atoms with Crippen LogP contribution in [0.25, 0.3) is 0 Å².